The lowest BCUT2D eigenvalue weighted by Gasteiger charge is -2.38. The van der Waals surface area contributed by atoms with Gasteiger partial charge in [-0.25, -0.2) is 9.37 Å². The van der Waals surface area contributed by atoms with E-state index in [0.717, 1.165) is 19.0 Å². The number of amides is 1. The monoisotopic (exact) mass is 279 g/mol. The maximum absolute atomic E-state index is 13.2. The molecule has 1 amide bonds. The number of piperidine rings is 1. The van der Waals surface area contributed by atoms with Gasteiger partial charge in [-0.1, -0.05) is 20.8 Å². The van der Waals surface area contributed by atoms with Crippen molar-refractivity contribution in [3.63, 3.8) is 0 Å². The minimum atomic E-state index is -0.535. The maximum Gasteiger partial charge on any atom is 0.257 e. The van der Waals surface area contributed by atoms with Crippen LogP contribution in [-0.2, 0) is 0 Å². The third kappa shape index (κ3) is 3.08. The standard InChI is InChI=1S/C15H22FN3O/c1-15(2,3)10-4-6-19(7-5-10)14(20)12-8-11(16)9-18-13(12)17/h8-10H,4-7H2,1-3H3,(H2,17,18). The predicted molar refractivity (Wildman–Crippen MR) is 76.7 cm³/mol. The van der Waals surface area contributed by atoms with Crippen LogP contribution in [0.25, 0.3) is 0 Å². The van der Waals surface area contributed by atoms with E-state index in [-0.39, 0.29) is 22.7 Å². The van der Waals surface area contributed by atoms with Crippen LogP contribution in [0.4, 0.5) is 10.2 Å². The van der Waals surface area contributed by atoms with Crippen molar-refractivity contribution in [2.45, 2.75) is 33.6 Å². The highest BCUT2D eigenvalue weighted by molar-refractivity contribution is 5.98. The number of carbonyl (C=O) groups excluding carboxylic acids is 1. The van der Waals surface area contributed by atoms with Crippen LogP contribution in [0, 0.1) is 17.2 Å². The molecule has 0 bridgehead atoms. The zero-order valence-electron chi connectivity index (χ0n) is 12.3. The summed E-state index contributed by atoms with van der Waals surface area (Å²) in [6.07, 6.45) is 2.97. The van der Waals surface area contributed by atoms with E-state index in [1.165, 1.54) is 6.07 Å². The second kappa shape index (κ2) is 5.38. The summed E-state index contributed by atoms with van der Waals surface area (Å²) in [5.41, 5.74) is 6.09. The van der Waals surface area contributed by atoms with Crippen LogP contribution in [0.1, 0.15) is 44.0 Å². The summed E-state index contributed by atoms with van der Waals surface area (Å²) in [4.78, 5) is 17.8. The van der Waals surface area contributed by atoms with Crippen molar-refractivity contribution in [3.8, 4) is 0 Å². The van der Waals surface area contributed by atoms with Gasteiger partial charge < -0.3 is 10.6 Å². The van der Waals surface area contributed by atoms with Crippen LogP contribution < -0.4 is 5.73 Å². The zero-order valence-corrected chi connectivity index (χ0v) is 12.3. The molecule has 0 spiro atoms. The molecule has 1 aliphatic heterocycles. The second-order valence-corrected chi connectivity index (χ2v) is 6.52. The van der Waals surface area contributed by atoms with Gasteiger partial charge in [0.1, 0.15) is 11.6 Å². The van der Waals surface area contributed by atoms with E-state index < -0.39 is 5.82 Å². The van der Waals surface area contributed by atoms with E-state index in [4.69, 9.17) is 5.73 Å². The van der Waals surface area contributed by atoms with Gasteiger partial charge in [0, 0.05) is 13.1 Å². The average molecular weight is 279 g/mol. The molecule has 0 atom stereocenters. The molecule has 2 rings (SSSR count). The highest BCUT2D eigenvalue weighted by Gasteiger charge is 2.31. The molecular weight excluding hydrogens is 257 g/mol. The molecule has 4 nitrogen and oxygen atoms in total. The molecule has 1 saturated heterocycles. The first-order valence-corrected chi connectivity index (χ1v) is 6.99. The van der Waals surface area contributed by atoms with Crippen LogP contribution in [0.5, 0.6) is 0 Å². The van der Waals surface area contributed by atoms with Crippen molar-refractivity contribution in [3.05, 3.63) is 23.6 Å². The number of anilines is 1. The summed E-state index contributed by atoms with van der Waals surface area (Å²) in [6, 6.07) is 1.17. The molecule has 1 aromatic heterocycles. The Morgan fingerprint density at radius 3 is 2.55 bits per heavy atom. The number of nitrogen functional groups attached to an aromatic ring is 1. The zero-order chi connectivity index (χ0) is 14.9. The Morgan fingerprint density at radius 2 is 2.00 bits per heavy atom. The molecule has 1 aliphatic rings. The SMILES string of the molecule is CC(C)(C)C1CCN(C(=O)c2cc(F)cnc2N)CC1. The topological polar surface area (TPSA) is 59.2 Å². The van der Waals surface area contributed by atoms with Gasteiger partial charge in [0.15, 0.2) is 0 Å². The fourth-order valence-corrected chi connectivity index (χ4v) is 2.74. The van der Waals surface area contributed by atoms with Crippen molar-refractivity contribution in [1.29, 1.82) is 0 Å². The number of hydrogen-bond acceptors (Lipinski definition) is 3. The number of nitrogens with two attached hydrogens (primary N) is 1. The maximum atomic E-state index is 13.2. The predicted octanol–water partition coefficient (Wildman–Crippen LogP) is 2.70. The first-order valence-electron chi connectivity index (χ1n) is 6.99. The number of nitrogens with zero attached hydrogens (tertiary/aromatic N) is 2. The number of halogens is 1. The van der Waals surface area contributed by atoms with Gasteiger partial charge in [-0.05, 0) is 30.2 Å². The van der Waals surface area contributed by atoms with E-state index in [2.05, 4.69) is 25.8 Å². The van der Waals surface area contributed by atoms with Crippen LogP contribution in [0.2, 0.25) is 0 Å². The van der Waals surface area contributed by atoms with Crippen molar-refractivity contribution < 1.29 is 9.18 Å². The number of likely N-dealkylation sites (tertiary alicyclic amines) is 1. The van der Waals surface area contributed by atoms with Gasteiger partial charge >= 0.3 is 0 Å². The van der Waals surface area contributed by atoms with Gasteiger partial charge in [0.25, 0.3) is 5.91 Å². The Labute approximate surface area is 119 Å². The molecule has 1 fully saturated rings. The number of rotatable bonds is 1. The van der Waals surface area contributed by atoms with Gasteiger partial charge in [0.05, 0.1) is 11.8 Å². The van der Waals surface area contributed by atoms with Gasteiger partial charge in [-0.15, -0.1) is 0 Å². The molecule has 0 saturated carbocycles. The van der Waals surface area contributed by atoms with Crippen molar-refractivity contribution in [2.24, 2.45) is 11.3 Å². The number of carbonyl (C=O) groups is 1. The summed E-state index contributed by atoms with van der Waals surface area (Å²) in [5.74, 6) is -0.0575. The first kappa shape index (κ1) is 14.8. The van der Waals surface area contributed by atoms with E-state index >= 15 is 0 Å². The lowest BCUT2D eigenvalue weighted by molar-refractivity contribution is 0.0609. The molecule has 5 heteroatoms. The van der Waals surface area contributed by atoms with Crippen LogP contribution in [0.15, 0.2) is 12.3 Å². The Hall–Kier alpha value is -1.65. The van der Waals surface area contributed by atoms with Gasteiger partial charge in [-0.3, -0.25) is 4.79 Å². The highest BCUT2D eigenvalue weighted by atomic mass is 19.1. The summed E-state index contributed by atoms with van der Waals surface area (Å²) >= 11 is 0. The normalized spacial score (nSPS) is 17.3. The van der Waals surface area contributed by atoms with Crippen molar-refractivity contribution in [1.82, 2.24) is 9.88 Å². The smallest absolute Gasteiger partial charge is 0.257 e. The first-order chi connectivity index (χ1) is 9.29. The Balaban J connectivity index is 2.07. The molecule has 2 heterocycles. The Bertz CT molecular complexity index is 502. The molecule has 20 heavy (non-hydrogen) atoms. The molecule has 0 unspecified atom stereocenters. The second-order valence-electron chi connectivity index (χ2n) is 6.52. The molecular formula is C15H22FN3O. The van der Waals surface area contributed by atoms with Crippen LogP contribution >= 0.6 is 0 Å². The van der Waals surface area contributed by atoms with E-state index in [0.29, 0.717) is 19.0 Å². The number of hydrogen-bond donors (Lipinski definition) is 1. The Kier molecular flexibility index (Phi) is 3.97. The van der Waals surface area contributed by atoms with E-state index in [1.807, 2.05) is 0 Å². The quantitative estimate of drug-likeness (QED) is 0.860. The largest absolute Gasteiger partial charge is 0.383 e. The summed E-state index contributed by atoms with van der Waals surface area (Å²) in [7, 11) is 0. The summed E-state index contributed by atoms with van der Waals surface area (Å²) in [6.45, 7) is 8.06. The fraction of sp³-hybridized carbons (Fsp3) is 0.600. The molecule has 0 radical (unpaired) electrons. The Morgan fingerprint density at radius 1 is 1.40 bits per heavy atom. The summed E-state index contributed by atoms with van der Waals surface area (Å²) < 4.78 is 13.2. The third-order valence-corrected chi connectivity index (χ3v) is 4.12. The lowest BCUT2D eigenvalue weighted by Crippen LogP contribution is -2.41. The number of aromatic nitrogens is 1. The number of pyridine rings is 1. The van der Waals surface area contributed by atoms with Crippen LogP contribution in [0.3, 0.4) is 0 Å². The van der Waals surface area contributed by atoms with Gasteiger partial charge in [0.2, 0.25) is 0 Å². The van der Waals surface area contributed by atoms with E-state index in [1.54, 1.807) is 4.90 Å². The van der Waals surface area contributed by atoms with Crippen molar-refractivity contribution >= 4 is 11.7 Å². The molecule has 0 aromatic carbocycles. The van der Waals surface area contributed by atoms with E-state index in [9.17, 15) is 9.18 Å². The minimum Gasteiger partial charge on any atom is -0.383 e. The van der Waals surface area contributed by atoms with Crippen molar-refractivity contribution in [2.75, 3.05) is 18.8 Å². The molecule has 1 aromatic rings. The molecule has 110 valence electrons. The average Bonchev–Trinajstić information content (AvgIpc) is 2.40. The lowest BCUT2D eigenvalue weighted by atomic mass is 9.75. The highest BCUT2D eigenvalue weighted by Crippen LogP contribution is 2.34. The summed E-state index contributed by atoms with van der Waals surface area (Å²) in [5, 5.41) is 0. The van der Waals surface area contributed by atoms with Gasteiger partial charge in [-0.2, -0.15) is 0 Å². The molecule has 2 N–H and O–H groups in total. The third-order valence-electron chi connectivity index (χ3n) is 4.12. The molecule has 0 aliphatic carbocycles. The van der Waals surface area contributed by atoms with Crippen LogP contribution in [-0.4, -0.2) is 28.9 Å². The minimum absolute atomic E-state index is 0.0920. The fourth-order valence-electron chi connectivity index (χ4n) is 2.74.